The molecule has 0 amide bonds. The third-order valence-electron chi connectivity index (χ3n) is 4.20. The SMILES string of the molecule is Cc1ccc(Nc2ccnc(Nc3ccc(C)c(C)c3)n2)cc1C.Cl. The molecule has 0 atom stereocenters. The summed E-state index contributed by atoms with van der Waals surface area (Å²) in [7, 11) is 0. The molecule has 2 aromatic carbocycles. The number of halogens is 1. The van der Waals surface area contributed by atoms with Gasteiger partial charge in [-0.25, -0.2) is 4.98 Å². The van der Waals surface area contributed by atoms with E-state index in [0.29, 0.717) is 5.95 Å². The Morgan fingerprint density at radius 1 is 0.680 bits per heavy atom. The smallest absolute Gasteiger partial charge is 0.229 e. The molecule has 1 heterocycles. The van der Waals surface area contributed by atoms with Gasteiger partial charge in [0, 0.05) is 17.6 Å². The van der Waals surface area contributed by atoms with E-state index in [1.54, 1.807) is 6.20 Å². The van der Waals surface area contributed by atoms with E-state index >= 15 is 0 Å². The standard InChI is InChI=1S/C20H22N4.ClH/c1-13-5-7-17(11-15(13)3)22-19-9-10-21-20(24-19)23-18-8-6-14(2)16(4)12-18;/h5-12H,1-4H3,(H2,21,22,23,24);1H. The van der Waals surface area contributed by atoms with Gasteiger partial charge in [-0.05, 0) is 80.3 Å². The number of benzene rings is 2. The van der Waals surface area contributed by atoms with Crippen LogP contribution >= 0.6 is 12.4 Å². The fraction of sp³-hybridized carbons (Fsp3) is 0.200. The second kappa shape index (κ2) is 7.99. The minimum atomic E-state index is 0. The molecule has 4 nitrogen and oxygen atoms in total. The van der Waals surface area contributed by atoms with Crippen molar-refractivity contribution < 1.29 is 0 Å². The summed E-state index contributed by atoms with van der Waals surface area (Å²) in [4.78, 5) is 8.83. The topological polar surface area (TPSA) is 49.8 Å². The number of aromatic nitrogens is 2. The molecule has 3 rings (SSSR count). The van der Waals surface area contributed by atoms with Crippen LogP contribution in [-0.2, 0) is 0 Å². The van der Waals surface area contributed by atoms with E-state index in [0.717, 1.165) is 17.2 Å². The van der Waals surface area contributed by atoms with Crippen LogP contribution in [-0.4, -0.2) is 9.97 Å². The molecule has 2 N–H and O–H groups in total. The zero-order valence-corrected chi connectivity index (χ0v) is 15.7. The van der Waals surface area contributed by atoms with Crippen molar-refractivity contribution in [2.45, 2.75) is 27.7 Å². The number of nitrogens with one attached hydrogen (secondary N) is 2. The van der Waals surface area contributed by atoms with E-state index in [9.17, 15) is 0 Å². The molecule has 0 saturated carbocycles. The first-order chi connectivity index (χ1) is 11.5. The maximum atomic E-state index is 4.53. The molecule has 0 bridgehead atoms. The molecule has 0 radical (unpaired) electrons. The lowest BCUT2D eigenvalue weighted by Gasteiger charge is -2.10. The van der Waals surface area contributed by atoms with Gasteiger partial charge in [0.1, 0.15) is 5.82 Å². The molecule has 0 fully saturated rings. The monoisotopic (exact) mass is 354 g/mol. The van der Waals surface area contributed by atoms with Crippen LogP contribution in [0.1, 0.15) is 22.3 Å². The molecular weight excluding hydrogens is 332 g/mol. The number of rotatable bonds is 4. The van der Waals surface area contributed by atoms with Crippen LogP contribution in [0.5, 0.6) is 0 Å². The summed E-state index contributed by atoms with van der Waals surface area (Å²) in [5.41, 5.74) is 7.05. The molecule has 1 aromatic heterocycles. The van der Waals surface area contributed by atoms with Gasteiger partial charge in [-0.2, -0.15) is 4.98 Å². The van der Waals surface area contributed by atoms with Crippen LogP contribution in [0.25, 0.3) is 0 Å². The van der Waals surface area contributed by atoms with Gasteiger partial charge in [0.25, 0.3) is 0 Å². The Bertz CT molecular complexity index is 809. The average molecular weight is 355 g/mol. The Balaban J connectivity index is 0.00000225. The predicted octanol–water partition coefficient (Wildman–Crippen LogP) is 5.62. The summed E-state index contributed by atoms with van der Waals surface area (Å²) in [5, 5.41) is 6.58. The Kier molecular flexibility index (Phi) is 5.99. The highest BCUT2D eigenvalue weighted by molar-refractivity contribution is 5.85. The van der Waals surface area contributed by atoms with Crippen LogP contribution in [0, 0.1) is 27.7 Å². The van der Waals surface area contributed by atoms with Gasteiger partial charge in [-0.1, -0.05) is 12.1 Å². The van der Waals surface area contributed by atoms with Crippen LogP contribution in [0.4, 0.5) is 23.1 Å². The van der Waals surface area contributed by atoms with Crippen LogP contribution in [0.15, 0.2) is 48.7 Å². The number of aryl methyl sites for hydroxylation is 4. The van der Waals surface area contributed by atoms with Crippen molar-refractivity contribution in [3.8, 4) is 0 Å². The van der Waals surface area contributed by atoms with Gasteiger partial charge < -0.3 is 10.6 Å². The number of anilines is 4. The average Bonchev–Trinajstić information content (AvgIpc) is 2.55. The zero-order valence-electron chi connectivity index (χ0n) is 14.9. The maximum absolute atomic E-state index is 4.53. The summed E-state index contributed by atoms with van der Waals surface area (Å²) in [5.74, 6) is 1.34. The van der Waals surface area contributed by atoms with Crippen molar-refractivity contribution in [3.63, 3.8) is 0 Å². The van der Waals surface area contributed by atoms with Gasteiger partial charge in [0.15, 0.2) is 0 Å². The quantitative estimate of drug-likeness (QED) is 0.638. The highest BCUT2D eigenvalue weighted by Crippen LogP contribution is 2.21. The summed E-state index contributed by atoms with van der Waals surface area (Å²) in [6.07, 6.45) is 1.75. The lowest BCUT2D eigenvalue weighted by Crippen LogP contribution is -2.01. The highest BCUT2D eigenvalue weighted by atomic mass is 35.5. The first kappa shape index (κ1) is 18.7. The number of hydrogen-bond donors (Lipinski definition) is 2. The summed E-state index contributed by atoms with van der Waals surface area (Å²) in [6.45, 7) is 8.41. The maximum Gasteiger partial charge on any atom is 0.229 e. The second-order valence-electron chi connectivity index (χ2n) is 6.11. The molecule has 0 aliphatic rings. The molecular formula is C20H23ClN4. The lowest BCUT2D eigenvalue weighted by molar-refractivity contribution is 1.16. The fourth-order valence-corrected chi connectivity index (χ4v) is 2.40. The van der Waals surface area contributed by atoms with Gasteiger partial charge in [0.2, 0.25) is 5.95 Å². The number of hydrogen-bond acceptors (Lipinski definition) is 4. The van der Waals surface area contributed by atoms with E-state index in [-0.39, 0.29) is 12.4 Å². The van der Waals surface area contributed by atoms with E-state index < -0.39 is 0 Å². The van der Waals surface area contributed by atoms with Gasteiger partial charge in [-0.3, -0.25) is 0 Å². The Morgan fingerprint density at radius 2 is 1.24 bits per heavy atom. The van der Waals surface area contributed by atoms with E-state index in [2.05, 4.69) is 78.6 Å². The van der Waals surface area contributed by atoms with E-state index in [4.69, 9.17) is 0 Å². The third kappa shape index (κ3) is 4.70. The molecule has 5 heteroatoms. The second-order valence-corrected chi connectivity index (χ2v) is 6.11. The molecule has 0 spiro atoms. The normalized spacial score (nSPS) is 10.1. The van der Waals surface area contributed by atoms with Crippen molar-refractivity contribution in [1.82, 2.24) is 9.97 Å². The number of nitrogens with zero attached hydrogens (tertiary/aromatic N) is 2. The Labute approximate surface area is 155 Å². The summed E-state index contributed by atoms with van der Waals surface area (Å²) >= 11 is 0. The molecule has 0 aliphatic carbocycles. The largest absolute Gasteiger partial charge is 0.340 e. The van der Waals surface area contributed by atoms with E-state index in [1.807, 2.05) is 12.1 Å². The zero-order chi connectivity index (χ0) is 17.1. The fourth-order valence-electron chi connectivity index (χ4n) is 2.40. The van der Waals surface area contributed by atoms with Crippen molar-refractivity contribution in [3.05, 3.63) is 70.9 Å². The van der Waals surface area contributed by atoms with Crippen LogP contribution < -0.4 is 10.6 Å². The highest BCUT2D eigenvalue weighted by Gasteiger charge is 2.03. The van der Waals surface area contributed by atoms with Crippen molar-refractivity contribution >= 4 is 35.5 Å². The van der Waals surface area contributed by atoms with Crippen LogP contribution in [0.2, 0.25) is 0 Å². The summed E-state index contributed by atoms with van der Waals surface area (Å²) in [6, 6.07) is 14.4. The molecule has 3 aromatic rings. The molecule has 130 valence electrons. The predicted molar refractivity (Wildman–Crippen MR) is 108 cm³/mol. The Hall–Kier alpha value is -2.59. The third-order valence-corrected chi connectivity index (χ3v) is 4.20. The first-order valence-electron chi connectivity index (χ1n) is 8.03. The summed E-state index contributed by atoms with van der Waals surface area (Å²) < 4.78 is 0. The lowest BCUT2D eigenvalue weighted by atomic mass is 10.1. The van der Waals surface area contributed by atoms with Crippen LogP contribution in [0.3, 0.4) is 0 Å². The van der Waals surface area contributed by atoms with Crippen molar-refractivity contribution in [1.29, 1.82) is 0 Å². The molecule has 0 unspecified atom stereocenters. The minimum Gasteiger partial charge on any atom is -0.340 e. The molecule has 25 heavy (non-hydrogen) atoms. The van der Waals surface area contributed by atoms with E-state index in [1.165, 1.54) is 22.3 Å². The van der Waals surface area contributed by atoms with Gasteiger partial charge >= 0.3 is 0 Å². The van der Waals surface area contributed by atoms with Crippen molar-refractivity contribution in [2.75, 3.05) is 10.6 Å². The molecule has 0 aliphatic heterocycles. The minimum absolute atomic E-state index is 0. The Morgan fingerprint density at radius 3 is 1.80 bits per heavy atom. The van der Waals surface area contributed by atoms with Gasteiger partial charge in [0.05, 0.1) is 0 Å². The first-order valence-corrected chi connectivity index (χ1v) is 8.03. The van der Waals surface area contributed by atoms with Gasteiger partial charge in [-0.15, -0.1) is 12.4 Å². The molecule has 0 saturated heterocycles. The van der Waals surface area contributed by atoms with Crippen molar-refractivity contribution in [2.24, 2.45) is 0 Å².